The number of methoxy groups -OCH3 is 1. The second-order valence-corrected chi connectivity index (χ2v) is 6.00. The third-order valence-electron chi connectivity index (χ3n) is 3.60. The third-order valence-corrected chi connectivity index (χ3v) is 4.41. The molecule has 1 N–H and O–H groups in total. The number of halogens is 1. The summed E-state index contributed by atoms with van der Waals surface area (Å²) < 4.78 is 19.7. The maximum absolute atomic E-state index is 13.5. The Labute approximate surface area is 136 Å². The first kappa shape index (κ1) is 15.4. The first-order valence-corrected chi connectivity index (χ1v) is 7.94. The summed E-state index contributed by atoms with van der Waals surface area (Å²) in [5, 5.41) is 2.86. The monoisotopic (exact) mass is 330 g/mol. The van der Waals surface area contributed by atoms with Gasteiger partial charge in [0.2, 0.25) is 0 Å². The number of thiazole rings is 1. The van der Waals surface area contributed by atoms with E-state index in [1.807, 2.05) is 6.07 Å². The first-order chi connectivity index (χ1) is 11.1. The Morgan fingerprint density at radius 2 is 2.13 bits per heavy atom. The lowest BCUT2D eigenvalue weighted by molar-refractivity contribution is 0.0939. The average Bonchev–Trinajstić information content (AvgIpc) is 3.02. The molecule has 23 heavy (non-hydrogen) atoms. The van der Waals surface area contributed by atoms with E-state index in [1.54, 1.807) is 30.6 Å². The van der Waals surface area contributed by atoms with Crippen LogP contribution in [0.25, 0.3) is 10.2 Å². The summed E-state index contributed by atoms with van der Waals surface area (Å²) >= 11 is 1.52. The zero-order chi connectivity index (χ0) is 16.4. The van der Waals surface area contributed by atoms with Crippen molar-refractivity contribution < 1.29 is 13.9 Å². The summed E-state index contributed by atoms with van der Waals surface area (Å²) in [4.78, 5) is 16.6. The van der Waals surface area contributed by atoms with Crippen LogP contribution in [0.1, 0.15) is 28.9 Å². The lowest BCUT2D eigenvalue weighted by Gasteiger charge is -2.17. The minimum atomic E-state index is -0.390. The van der Waals surface area contributed by atoms with E-state index < -0.39 is 0 Å². The van der Waals surface area contributed by atoms with Crippen molar-refractivity contribution >= 4 is 27.5 Å². The Morgan fingerprint density at radius 1 is 1.30 bits per heavy atom. The van der Waals surface area contributed by atoms with Crippen LogP contribution in [0.3, 0.4) is 0 Å². The third kappa shape index (κ3) is 3.17. The minimum absolute atomic E-state index is 0.237. The van der Waals surface area contributed by atoms with Crippen LogP contribution in [0.2, 0.25) is 0 Å². The summed E-state index contributed by atoms with van der Waals surface area (Å²) in [5.74, 6) is -0.0707. The molecule has 0 fully saturated rings. The van der Waals surface area contributed by atoms with Crippen molar-refractivity contribution in [1.29, 1.82) is 0 Å². The number of ether oxygens (including phenoxy) is 1. The van der Waals surface area contributed by atoms with Crippen molar-refractivity contribution in [3.8, 4) is 5.75 Å². The molecule has 2 aromatic carbocycles. The molecule has 1 heterocycles. The molecule has 0 spiro atoms. The van der Waals surface area contributed by atoms with Gasteiger partial charge in [-0.3, -0.25) is 4.79 Å². The zero-order valence-electron chi connectivity index (χ0n) is 12.7. The van der Waals surface area contributed by atoms with Gasteiger partial charge in [-0.2, -0.15) is 0 Å². The molecule has 1 amide bonds. The van der Waals surface area contributed by atoms with E-state index >= 15 is 0 Å². The highest BCUT2D eigenvalue weighted by atomic mass is 32.1. The van der Waals surface area contributed by atoms with Gasteiger partial charge in [0.15, 0.2) is 0 Å². The molecule has 0 bridgehead atoms. The van der Waals surface area contributed by atoms with Gasteiger partial charge in [0, 0.05) is 11.1 Å². The lowest BCUT2D eigenvalue weighted by atomic mass is 10.1. The van der Waals surface area contributed by atoms with Crippen molar-refractivity contribution in [1.82, 2.24) is 10.3 Å². The Balaban J connectivity index is 1.83. The van der Waals surface area contributed by atoms with Crippen LogP contribution in [0.15, 0.2) is 41.9 Å². The second-order valence-electron chi connectivity index (χ2n) is 5.12. The Bertz CT molecular complexity index is 863. The number of amides is 1. The number of hydrogen-bond acceptors (Lipinski definition) is 4. The highest BCUT2D eigenvalue weighted by Crippen LogP contribution is 2.26. The molecule has 0 radical (unpaired) electrons. The molecule has 1 unspecified atom stereocenters. The number of benzene rings is 2. The molecule has 0 saturated heterocycles. The van der Waals surface area contributed by atoms with Gasteiger partial charge in [-0.15, -0.1) is 11.3 Å². The number of carbonyl (C=O) groups is 1. The first-order valence-electron chi connectivity index (χ1n) is 7.06. The van der Waals surface area contributed by atoms with Crippen molar-refractivity contribution in [3.63, 3.8) is 0 Å². The van der Waals surface area contributed by atoms with Gasteiger partial charge in [-0.1, -0.05) is 0 Å². The maximum Gasteiger partial charge on any atom is 0.251 e. The van der Waals surface area contributed by atoms with Crippen molar-refractivity contribution in [3.05, 3.63) is 58.9 Å². The predicted molar refractivity (Wildman–Crippen MR) is 88.5 cm³/mol. The maximum atomic E-state index is 13.5. The lowest BCUT2D eigenvalue weighted by Crippen LogP contribution is -2.27. The molecule has 1 aromatic heterocycles. The number of rotatable bonds is 4. The number of nitrogens with zero attached hydrogens (tertiary/aromatic N) is 1. The summed E-state index contributed by atoms with van der Waals surface area (Å²) in [5.41, 5.74) is 3.65. The molecule has 0 aliphatic carbocycles. The van der Waals surface area contributed by atoms with Crippen LogP contribution in [0.5, 0.6) is 5.75 Å². The Morgan fingerprint density at radius 3 is 2.91 bits per heavy atom. The molecule has 0 aliphatic rings. The molecule has 4 nitrogen and oxygen atoms in total. The van der Waals surface area contributed by atoms with Crippen molar-refractivity contribution in [2.24, 2.45) is 0 Å². The van der Waals surface area contributed by atoms with Gasteiger partial charge in [-0.25, -0.2) is 9.37 Å². The van der Waals surface area contributed by atoms with E-state index in [0.29, 0.717) is 16.9 Å². The standard InChI is InChI=1S/C17H15FN2O2S/c1-10(13-8-12(18)4-5-15(13)22-2)20-17(21)11-3-6-16-14(7-11)19-9-23-16/h3-10H,1-2H3,(H,20,21). The van der Waals surface area contributed by atoms with E-state index in [-0.39, 0.29) is 17.8 Å². The molecule has 3 aromatic rings. The van der Waals surface area contributed by atoms with Crippen molar-refractivity contribution in [2.75, 3.05) is 7.11 Å². The van der Waals surface area contributed by atoms with Gasteiger partial charge in [0.1, 0.15) is 11.6 Å². The summed E-state index contributed by atoms with van der Waals surface area (Å²) in [6, 6.07) is 9.23. The fraction of sp³-hybridized carbons (Fsp3) is 0.176. The number of nitrogens with one attached hydrogen (secondary N) is 1. The highest BCUT2D eigenvalue weighted by Gasteiger charge is 2.16. The SMILES string of the molecule is COc1ccc(F)cc1C(C)NC(=O)c1ccc2scnc2c1. The summed E-state index contributed by atoms with van der Waals surface area (Å²) in [6.45, 7) is 1.79. The second kappa shape index (κ2) is 6.34. The van der Waals surface area contributed by atoms with Crippen LogP contribution in [0, 0.1) is 5.82 Å². The zero-order valence-corrected chi connectivity index (χ0v) is 13.5. The van der Waals surface area contributed by atoms with E-state index in [4.69, 9.17) is 4.74 Å². The van der Waals surface area contributed by atoms with Gasteiger partial charge in [-0.05, 0) is 43.3 Å². The van der Waals surface area contributed by atoms with Crippen LogP contribution in [-0.4, -0.2) is 18.0 Å². The number of fused-ring (bicyclic) bond motifs is 1. The van der Waals surface area contributed by atoms with Gasteiger partial charge >= 0.3 is 0 Å². The van der Waals surface area contributed by atoms with E-state index in [1.165, 1.54) is 30.6 Å². The molecular formula is C17H15FN2O2S. The van der Waals surface area contributed by atoms with Gasteiger partial charge in [0.05, 0.1) is 28.9 Å². The topological polar surface area (TPSA) is 51.2 Å². The molecular weight excluding hydrogens is 315 g/mol. The molecule has 118 valence electrons. The van der Waals surface area contributed by atoms with Crippen LogP contribution >= 0.6 is 11.3 Å². The molecule has 0 aliphatic heterocycles. The fourth-order valence-electron chi connectivity index (χ4n) is 2.40. The molecule has 1 atom stereocenters. The number of carbonyl (C=O) groups excluding carboxylic acids is 1. The predicted octanol–water partition coefficient (Wildman–Crippen LogP) is 3.94. The summed E-state index contributed by atoms with van der Waals surface area (Å²) in [6.07, 6.45) is 0. The number of hydrogen-bond donors (Lipinski definition) is 1. The minimum Gasteiger partial charge on any atom is -0.496 e. The summed E-state index contributed by atoms with van der Waals surface area (Å²) in [7, 11) is 1.52. The van der Waals surface area contributed by atoms with E-state index in [2.05, 4.69) is 10.3 Å². The smallest absolute Gasteiger partial charge is 0.251 e. The largest absolute Gasteiger partial charge is 0.496 e. The fourth-order valence-corrected chi connectivity index (χ4v) is 3.06. The van der Waals surface area contributed by atoms with Gasteiger partial charge < -0.3 is 10.1 Å². The average molecular weight is 330 g/mol. The van der Waals surface area contributed by atoms with Gasteiger partial charge in [0.25, 0.3) is 5.91 Å². The Hall–Kier alpha value is -2.47. The van der Waals surface area contributed by atoms with E-state index in [9.17, 15) is 9.18 Å². The molecule has 6 heteroatoms. The Kier molecular flexibility index (Phi) is 4.25. The van der Waals surface area contributed by atoms with Crippen LogP contribution in [0.4, 0.5) is 4.39 Å². The molecule has 3 rings (SSSR count). The molecule has 0 saturated carbocycles. The van der Waals surface area contributed by atoms with Crippen LogP contribution < -0.4 is 10.1 Å². The highest BCUT2D eigenvalue weighted by molar-refractivity contribution is 7.16. The normalized spacial score (nSPS) is 12.1. The number of aromatic nitrogens is 1. The van der Waals surface area contributed by atoms with Crippen LogP contribution in [-0.2, 0) is 0 Å². The van der Waals surface area contributed by atoms with E-state index in [0.717, 1.165) is 10.2 Å². The quantitative estimate of drug-likeness (QED) is 0.788. The van der Waals surface area contributed by atoms with Crippen molar-refractivity contribution in [2.45, 2.75) is 13.0 Å².